The molecule has 0 aliphatic rings. The molecule has 3 nitrogen and oxygen atoms in total. The van der Waals surface area contributed by atoms with Crippen LogP contribution >= 0.6 is 0 Å². The van der Waals surface area contributed by atoms with E-state index in [-0.39, 0.29) is 5.75 Å². The van der Waals surface area contributed by atoms with E-state index in [1.54, 1.807) is 24.3 Å². The Kier molecular flexibility index (Phi) is 3.13. The van der Waals surface area contributed by atoms with Crippen molar-refractivity contribution in [2.45, 2.75) is 5.75 Å². The molecule has 1 aromatic rings. The SMILES string of the molecule is O=Cc1ccccc1CS(=O)[O-]. The van der Waals surface area contributed by atoms with Gasteiger partial charge in [0.05, 0.1) is 0 Å². The minimum atomic E-state index is -2.14. The van der Waals surface area contributed by atoms with E-state index in [0.29, 0.717) is 17.4 Å². The van der Waals surface area contributed by atoms with Gasteiger partial charge in [-0.15, -0.1) is 0 Å². The average molecular weight is 183 g/mol. The van der Waals surface area contributed by atoms with Gasteiger partial charge in [-0.1, -0.05) is 35.3 Å². The van der Waals surface area contributed by atoms with E-state index in [2.05, 4.69) is 0 Å². The lowest BCUT2D eigenvalue weighted by molar-refractivity contribution is 0.112. The normalized spacial score (nSPS) is 12.4. The molecule has 0 aliphatic heterocycles. The molecule has 1 unspecified atom stereocenters. The summed E-state index contributed by atoms with van der Waals surface area (Å²) in [5.41, 5.74) is 0.975. The highest BCUT2D eigenvalue weighted by Crippen LogP contribution is 2.07. The molecule has 0 amide bonds. The fourth-order valence-electron chi connectivity index (χ4n) is 0.908. The van der Waals surface area contributed by atoms with Gasteiger partial charge in [-0.05, 0) is 5.56 Å². The van der Waals surface area contributed by atoms with Crippen LogP contribution in [-0.4, -0.2) is 15.0 Å². The molecular formula is C8H7O3S-. The second kappa shape index (κ2) is 4.13. The molecule has 0 radical (unpaired) electrons. The molecule has 0 heterocycles. The summed E-state index contributed by atoms with van der Waals surface area (Å²) < 4.78 is 20.6. The third kappa shape index (κ3) is 2.25. The molecule has 0 spiro atoms. The fourth-order valence-corrected chi connectivity index (χ4v) is 1.42. The van der Waals surface area contributed by atoms with Crippen LogP contribution in [0.25, 0.3) is 0 Å². The van der Waals surface area contributed by atoms with Crippen molar-refractivity contribution in [1.29, 1.82) is 0 Å². The summed E-state index contributed by atoms with van der Waals surface area (Å²) in [4.78, 5) is 10.4. The highest BCUT2D eigenvalue weighted by atomic mass is 32.2. The molecule has 0 saturated carbocycles. The summed E-state index contributed by atoms with van der Waals surface area (Å²) in [5, 5.41) is 0. The Bertz CT molecular complexity index is 309. The predicted octanol–water partition coefficient (Wildman–Crippen LogP) is 0.878. The van der Waals surface area contributed by atoms with Gasteiger partial charge in [-0.3, -0.25) is 9.00 Å². The molecule has 1 atom stereocenters. The molecule has 0 aromatic heterocycles. The van der Waals surface area contributed by atoms with Gasteiger partial charge in [0, 0.05) is 11.3 Å². The lowest BCUT2D eigenvalue weighted by Crippen LogP contribution is -1.97. The van der Waals surface area contributed by atoms with E-state index in [1.807, 2.05) is 0 Å². The first-order valence-electron chi connectivity index (χ1n) is 3.33. The Morgan fingerprint density at radius 2 is 2.08 bits per heavy atom. The lowest BCUT2D eigenvalue weighted by Gasteiger charge is -2.06. The van der Waals surface area contributed by atoms with Gasteiger partial charge in [0.2, 0.25) is 0 Å². The summed E-state index contributed by atoms with van der Waals surface area (Å²) >= 11 is -2.14. The molecule has 0 bridgehead atoms. The molecule has 0 fully saturated rings. The number of carbonyl (C=O) groups is 1. The maximum Gasteiger partial charge on any atom is 0.150 e. The second-order valence-electron chi connectivity index (χ2n) is 2.26. The minimum absolute atomic E-state index is 0.102. The van der Waals surface area contributed by atoms with Gasteiger partial charge in [0.15, 0.2) is 0 Å². The average Bonchev–Trinajstić information content (AvgIpc) is 2.04. The molecule has 1 aromatic carbocycles. The van der Waals surface area contributed by atoms with E-state index in [0.717, 1.165) is 0 Å². The first-order chi connectivity index (χ1) is 5.74. The first kappa shape index (κ1) is 9.09. The van der Waals surface area contributed by atoms with Crippen LogP contribution in [0.1, 0.15) is 15.9 Å². The maximum atomic E-state index is 10.4. The standard InChI is InChI=1S/C8H8O3S/c9-5-7-3-1-2-4-8(7)6-12(10)11/h1-5H,6H2,(H,10,11)/p-1. The lowest BCUT2D eigenvalue weighted by atomic mass is 10.1. The van der Waals surface area contributed by atoms with Crippen molar-refractivity contribution in [3.63, 3.8) is 0 Å². The van der Waals surface area contributed by atoms with Gasteiger partial charge in [-0.2, -0.15) is 0 Å². The van der Waals surface area contributed by atoms with Gasteiger partial charge in [-0.25, -0.2) is 0 Å². The molecule has 0 saturated heterocycles. The van der Waals surface area contributed by atoms with Crippen LogP contribution in [0.5, 0.6) is 0 Å². The number of aldehydes is 1. The molecule has 12 heavy (non-hydrogen) atoms. The van der Waals surface area contributed by atoms with Crippen LogP contribution in [0.4, 0.5) is 0 Å². The highest BCUT2D eigenvalue weighted by molar-refractivity contribution is 7.78. The van der Waals surface area contributed by atoms with Crippen LogP contribution in [0.3, 0.4) is 0 Å². The van der Waals surface area contributed by atoms with Gasteiger partial charge in [0.1, 0.15) is 6.29 Å². The summed E-state index contributed by atoms with van der Waals surface area (Å²) in [7, 11) is 0. The summed E-state index contributed by atoms with van der Waals surface area (Å²) in [6.45, 7) is 0. The molecule has 64 valence electrons. The van der Waals surface area contributed by atoms with E-state index in [4.69, 9.17) is 0 Å². The molecule has 0 N–H and O–H groups in total. The predicted molar refractivity (Wildman–Crippen MR) is 44.5 cm³/mol. The molecular weight excluding hydrogens is 176 g/mol. The monoisotopic (exact) mass is 183 g/mol. The number of benzene rings is 1. The van der Waals surface area contributed by atoms with Gasteiger partial charge in [0.25, 0.3) is 0 Å². The number of hydrogen-bond donors (Lipinski definition) is 0. The van der Waals surface area contributed by atoms with Crippen molar-refractivity contribution >= 4 is 17.4 Å². The third-order valence-corrected chi connectivity index (χ3v) is 2.00. The quantitative estimate of drug-likeness (QED) is 0.516. The van der Waals surface area contributed by atoms with Gasteiger partial charge < -0.3 is 4.55 Å². The Hall–Kier alpha value is -1.00. The number of rotatable bonds is 3. The summed E-state index contributed by atoms with van der Waals surface area (Å²) in [6.07, 6.45) is 0.655. The smallest absolute Gasteiger partial charge is 0.150 e. The maximum absolute atomic E-state index is 10.4. The fraction of sp³-hybridized carbons (Fsp3) is 0.125. The number of hydrogen-bond acceptors (Lipinski definition) is 3. The third-order valence-electron chi connectivity index (χ3n) is 1.46. The van der Waals surface area contributed by atoms with Crippen molar-refractivity contribution in [3.05, 3.63) is 35.4 Å². The molecule has 0 aliphatic carbocycles. The highest BCUT2D eigenvalue weighted by Gasteiger charge is 1.98. The van der Waals surface area contributed by atoms with Crippen LogP contribution in [0.15, 0.2) is 24.3 Å². The zero-order valence-electron chi connectivity index (χ0n) is 6.23. The van der Waals surface area contributed by atoms with E-state index in [9.17, 15) is 13.6 Å². The van der Waals surface area contributed by atoms with Crippen molar-refractivity contribution in [2.75, 3.05) is 0 Å². The van der Waals surface area contributed by atoms with Crippen LogP contribution in [-0.2, 0) is 16.8 Å². The zero-order chi connectivity index (χ0) is 8.97. The summed E-state index contributed by atoms with van der Waals surface area (Å²) in [5.74, 6) is -0.102. The second-order valence-corrected chi connectivity index (χ2v) is 3.16. The van der Waals surface area contributed by atoms with Crippen molar-refractivity contribution in [3.8, 4) is 0 Å². The van der Waals surface area contributed by atoms with E-state index >= 15 is 0 Å². The Labute approximate surface area is 72.7 Å². The van der Waals surface area contributed by atoms with Crippen LogP contribution in [0.2, 0.25) is 0 Å². The zero-order valence-corrected chi connectivity index (χ0v) is 7.04. The Morgan fingerprint density at radius 3 is 2.67 bits per heavy atom. The van der Waals surface area contributed by atoms with Crippen LogP contribution in [0, 0.1) is 0 Å². The molecule has 4 heteroatoms. The van der Waals surface area contributed by atoms with Gasteiger partial charge >= 0.3 is 0 Å². The Balaban J connectivity index is 2.96. The molecule has 1 rings (SSSR count). The van der Waals surface area contributed by atoms with Crippen LogP contribution < -0.4 is 0 Å². The van der Waals surface area contributed by atoms with Crippen molar-refractivity contribution < 1.29 is 13.6 Å². The van der Waals surface area contributed by atoms with E-state index < -0.39 is 11.1 Å². The van der Waals surface area contributed by atoms with E-state index in [1.165, 1.54) is 0 Å². The largest absolute Gasteiger partial charge is 0.772 e. The Morgan fingerprint density at radius 1 is 1.42 bits per heavy atom. The van der Waals surface area contributed by atoms with Crippen molar-refractivity contribution in [1.82, 2.24) is 0 Å². The topological polar surface area (TPSA) is 57.2 Å². The first-order valence-corrected chi connectivity index (χ1v) is 4.57. The van der Waals surface area contributed by atoms with Crippen molar-refractivity contribution in [2.24, 2.45) is 0 Å². The summed E-state index contributed by atoms with van der Waals surface area (Å²) in [6, 6.07) is 6.62. The number of carbonyl (C=O) groups excluding carboxylic acids is 1. The minimum Gasteiger partial charge on any atom is -0.772 e.